The third-order valence-electron chi connectivity index (χ3n) is 5.72. The van der Waals surface area contributed by atoms with Gasteiger partial charge in [0.25, 0.3) is 0 Å². The zero-order valence-electron chi connectivity index (χ0n) is 20.5. The average Bonchev–Trinajstić information content (AvgIpc) is 2.82. The minimum absolute atomic E-state index is 0.142. The average molecular weight is 468 g/mol. The number of carbonyl (C=O) groups is 2. The molecule has 184 valence electrons. The maximum atomic E-state index is 12.4. The van der Waals surface area contributed by atoms with E-state index in [9.17, 15) is 9.59 Å². The van der Waals surface area contributed by atoms with Crippen LogP contribution in [0.3, 0.4) is 0 Å². The largest absolute Gasteiger partial charge is 0.445 e. The topological polar surface area (TPSA) is 79.9 Å². The number of hydrogen-bond acceptors (Lipinski definition) is 5. The van der Waals surface area contributed by atoms with Gasteiger partial charge in [-0.3, -0.25) is 0 Å². The molecule has 0 aliphatic carbocycles. The highest BCUT2D eigenvalue weighted by Gasteiger charge is 2.24. The summed E-state index contributed by atoms with van der Waals surface area (Å²) in [6.07, 6.45) is 1.81. The molecule has 0 saturated carbocycles. The van der Waals surface area contributed by atoms with Gasteiger partial charge in [-0.25, -0.2) is 9.59 Å². The van der Waals surface area contributed by atoms with E-state index in [1.807, 2.05) is 81.4 Å². The number of carbonyl (C=O) groups excluding carboxylic acids is 2. The molecule has 3 rings (SSSR count). The summed E-state index contributed by atoms with van der Waals surface area (Å²) in [5, 5.41) is 6.60. The first-order valence-corrected chi connectivity index (χ1v) is 12.0. The zero-order valence-corrected chi connectivity index (χ0v) is 20.5. The fourth-order valence-electron chi connectivity index (χ4n) is 3.97. The van der Waals surface area contributed by atoms with Crippen molar-refractivity contribution >= 4 is 12.2 Å². The van der Waals surface area contributed by atoms with E-state index >= 15 is 0 Å². The molecule has 2 N–H and O–H groups in total. The summed E-state index contributed by atoms with van der Waals surface area (Å²) < 4.78 is 10.9. The molecular formula is C27H37N3O4. The molecule has 1 aliphatic heterocycles. The predicted octanol–water partition coefficient (Wildman–Crippen LogP) is 5.03. The van der Waals surface area contributed by atoms with Crippen LogP contribution in [0.1, 0.15) is 57.2 Å². The fourth-order valence-corrected chi connectivity index (χ4v) is 3.97. The number of benzene rings is 2. The van der Waals surface area contributed by atoms with E-state index in [1.165, 1.54) is 0 Å². The van der Waals surface area contributed by atoms with Gasteiger partial charge in [-0.15, -0.1) is 0 Å². The molecule has 1 aliphatic rings. The van der Waals surface area contributed by atoms with Gasteiger partial charge in [-0.1, -0.05) is 60.7 Å². The van der Waals surface area contributed by atoms with Crippen molar-refractivity contribution in [2.24, 2.45) is 0 Å². The predicted molar refractivity (Wildman–Crippen MR) is 132 cm³/mol. The Hall–Kier alpha value is -3.06. The molecule has 1 heterocycles. The number of amides is 2. The second-order valence-electron chi connectivity index (χ2n) is 9.65. The third-order valence-corrected chi connectivity index (χ3v) is 5.72. The highest BCUT2D eigenvalue weighted by Crippen LogP contribution is 2.19. The summed E-state index contributed by atoms with van der Waals surface area (Å²) in [5.74, 6) is 0. The van der Waals surface area contributed by atoms with Crippen LogP contribution in [0.5, 0.6) is 0 Å². The maximum absolute atomic E-state index is 12.4. The number of rotatable bonds is 8. The number of nitrogens with one attached hydrogen (secondary N) is 2. The van der Waals surface area contributed by atoms with Gasteiger partial charge in [0.1, 0.15) is 12.2 Å². The molecule has 0 bridgehead atoms. The van der Waals surface area contributed by atoms with Gasteiger partial charge in [-0.2, -0.15) is 0 Å². The van der Waals surface area contributed by atoms with E-state index in [4.69, 9.17) is 9.47 Å². The summed E-state index contributed by atoms with van der Waals surface area (Å²) in [6, 6.07) is 19.8. The molecule has 2 aromatic rings. The molecule has 0 radical (unpaired) electrons. The van der Waals surface area contributed by atoms with Crippen molar-refractivity contribution in [3.8, 4) is 0 Å². The molecule has 1 saturated heterocycles. The number of hydrogen-bond donors (Lipinski definition) is 2. The van der Waals surface area contributed by atoms with Crippen LogP contribution in [-0.2, 0) is 16.1 Å². The van der Waals surface area contributed by atoms with Crippen molar-refractivity contribution in [3.63, 3.8) is 0 Å². The number of nitrogens with zero attached hydrogens (tertiary/aromatic N) is 1. The molecule has 2 aromatic carbocycles. The van der Waals surface area contributed by atoms with Gasteiger partial charge in [0.15, 0.2) is 0 Å². The number of likely N-dealkylation sites (tertiary alicyclic amines) is 1. The van der Waals surface area contributed by atoms with Gasteiger partial charge in [0.2, 0.25) is 0 Å². The van der Waals surface area contributed by atoms with Gasteiger partial charge < -0.3 is 25.0 Å². The Labute approximate surface area is 202 Å². The van der Waals surface area contributed by atoms with Crippen LogP contribution in [0.4, 0.5) is 9.59 Å². The summed E-state index contributed by atoms with van der Waals surface area (Å²) >= 11 is 0. The first kappa shape index (κ1) is 25.6. The minimum Gasteiger partial charge on any atom is -0.445 e. The van der Waals surface area contributed by atoms with Crippen molar-refractivity contribution in [2.45, 2.75) is 64.3 Å². The van der Waals surface area contributed by atoms with E-state index in [-0.39, 0.29) is 12.1 Å². The van der Waals surface area contributed by atoms with Crippen molar-refractivity contribution < 1.29 is 19.1 Å². The van der Waals surface area contributed by atoms with Crippen LogP contribution >= 0.6 is 0 Å². The van der Waals surface area contributed by atoms with Crippen molar-refractivity contribution in [3.05, 3.63) is 71.8 Å². The summed E-state index contributed by atoms with van der Waals surface area (Å²) in [5.41, 5.74) is 1.49. The first-order valence-electron chi connectivity index (χ1n) is 12.0. The van der Waals surface area contributed by atoms with E-state index in [2.05, 4.69) is 10.6 Å². The third kappa shape index (κ3) is 8.71. The van der Waals surface area contributed by atoms with Crippen molar-refractivity contribution in [2.75, 3.05) is 19.6 Å². The second kappa shape index (κ2) is 12.4. The molecule has 1 fully saturated rings. The van der Waals surface area contributed by atoms with Crippen LogP contribution in [0.2, 0.25) is 0 Å². The molecule has 1 atom stereocenters. The minimum atomic E-state index is -0.542. The van der Waals surface area contributed by atoms with Crippen LogP contribution in [-0.4, -0.2) is 48.4 Å². The van der Waals surface area contributed by atoms with Crippen LogP contribution in [0, 0.1) is 0 Å². The second-order valence-corrected chi connectivity index (χ2v) is 9.65. The van der Waals surface area contributed by atoms with E-state index in [1.54, 1.807) is 4.90 Å². The van der Waals surface area contributed by atoms with Crippen molar-refractivity contribution in [1.29, 1.82) is 0 Å². The lowest BCUT2D eigenvalue weighted by atomic mass is 10.0. The molecule has 34 heavy (non-hydrogen) atoms. The van der Waals surface area contributed by atoms with E-state index in [0.717, 1.165) is 36.9 Å². The van der Waals surface area contributed by atoms with Crippen LogP contribution in [0.25, 0.3) is 0 Å². The standard InChI is InChI=1S/C27H37N3O4/c1-27(2,3)34-25(31)29-24(22-12-8-5-9-13-22)14-17-28-23-15-18-30(19-16-23)26(32)33-20-21-10-6-4-7-11-21/h4-13,23-24,28H,14-20H2,1-3H3,(H,29,31). The van der Waals surface area contributed by atoms with Gasteiger partial charge >= 0.3 is 12.2 Å². The maximum Gasteiger partial charge on any atom is 0.410 e. The summed E-state index contributed by atoms with van der Waals surface area (Å²) in [4.78, 5) is 26.5. The Balaban J connectivity index is 1.41. The summed E-state index contributed by atoms with van der Waals surface area (Å²) in [6.45, 7) is 7.95. The molecule has 7 nitrogen and oxygen atoms in total. The Morgan fingerprint density at radius 2 is 1.62 bits per heavy atom. The number of alkyl carbamates (subject to hydrolysis) is 1. The Morgan fingerprint density at radius 3 is 2.24 bits per heavy atom. The molecule has 2 amide bonds. The Morgan fingerprint density at radius 1 is 1.00 bits per heavy atom. The molecule has 1 unspecified atom stereocenters. The van der Waals surface area contributed by atoms with Gasteiger partial charge in [-0.05, 0) is 57.7 Å². The smallest absolute Gasteiger partial charge is 0.410 e. The molecule has 0 spiro atoms. The zero-order chi connectivity index (χ0) is 24.4. The molecule has 7 heteroatoms. The van der Waals surface area contributed by atoms with E-state index < -0.39 is 11.7 Å². The Kier molecular flexibility index (Phi) is 9.33. The lowest BCUT2D eigenvalue weighted by molar-refractivity contribution is 0.0501. The number of piperidine rings is 1. The first-order chi connectivity index (χ1) is 16.3. The SMILES string of the molecule is CC(C)(C)OC(=O)NC(CCNC1CCN(C(=O)OCc2ccccc2)CC1)c1ccccc1. The molecule has 0 aromatic heterocycles. The lowest BCUT2D eigenvalue weighted by Crippen LogP contribution is -2.45. The number of ether oxygens (including phenoxy) is 2. The van der Waals surface area contributed by atoms with E-state index in [0.29, 0.717) is 25.7 Å². The quantitative estimate of drug-likeness (QED) is 0.569. The lowest BCUT2D eigenvalue weighted by Gasteiger charge is -2.32. The highest BCUT2D eigenvalue weighted by atomic mass is 16.6. The normalized spacial score (nSPS) is 15.4. The molecular weight excluding hydrogens is 430 g/mol. The highest BCUT2D eigenvalue weighted by molar-refractivity contribution is 5.68. The van der Waals surface area contributed by atoms with Gasteiger partial charge in [0.05, 0.1) is 6.04 Å². The van der Waals surface area contributed by atoms with Crippen LogP contribution < -0.4 is 10.6 Å². The van der Waals surface area contributed by atoms with Crippen molar-refractivity contribution in [1.82, 2.24) is 15.5 Å². The Bertz CT molecular complexity index is 891. The van der Waals surface area contributed by atoms with Gasteiger partial charge in [0, 0.05) is 19.1 Å². The fraction of sp³-hybridized carbons (Fsp3) is 0.481. The summed E-state index contributed by atoms with van der Waals surface area (Å²) in [7, 11) is 0. The van der Waals surface area contributed by atoms with Crippen LogP contribution in [0.15, 0.2) is 60.7 Å². The monoisotopic (exact) mass is 467 g/mol.